The summed E-state index contributed by atoms with van der Waals surface area (Å²) < 4.78 is 61.3. The Hall–Kier alpha value is -2.31. The number of carbonyl (C=O) groups is 1. The maximum absolute atomic E-state index is 13.5. The molecule has 2 aromatic carbocycles. The minimum Gasteiger partial charge on any atom is -0.379 e. The number of hydrogen-bond acceptors (Lipinski definition) is 6. The number of benzene rings is 2. The summed E-state index contributed by atoms with van der Waals surface area (Å²) in [5.74, 6) is -0.453. The van der Waals surface area contributed by atoms with Crippen molar-refractivity contribution in [3.63, 3.8) is 0 Å². The van der Waals surface area contributed by atoms with Gasteiger partial charge in [-0.2, -0.15) is 8.61 Å². The van der Waals surface area contributed by atoms with Crippen LogP contribution in [0.5, 0.6) is 0 Å². The minimum atomic E-state index is -3.70. The van der Waals surface area contributed by atoms with Gasteiger partial charge in [0, 0.05) is 30.4 Å². The van der Waals surface area contributed by atoms with E-state index in [0.29, 0.717) is 18.9 Å². The maximum atomic E-state index is 13.5. The molecule has 1 N–H and O–H groups in total. The van der Waals surface area contributed by atoms with Crippen LogP contribution in [0.3, 0.4) is 0 Å². The van der Waals surface area contributed by atoms with E-state index in [9.17, 15) is 21.6 Å². The molecular formula is C27H33N3O6S2. The van der Waals surface area contributed by atoms with Gasteiger partial charge >= 0.3 is 0 Å². The maximum Gasteiger partial charge on any atom is 0.255 e. The standard InChI is InChI=1S/C27H33N3O6S2/c1-25(2)17-26(3)16-23-27(26,18-25)30(23)38(34,35)21-9-7-19(8-10-21)24(31)28-20-5-4-6-22(15-20)37(32,33)29-11-13-36-14-12-29/h4-10,15,23H,11-14,16-18H2,1-3H3,(H,28,31). The molecule has 2 aliphatic heterocycles. The van der Waals surface area contributed by atoms with Crippen LogP contribution in [0.25, 0.3) is 0 Å². The van der Waals surface area contributed by atoms with E-state index < -0.39 is 26.0 Å². The Morgan fingerprint density at radius 1 is 0.921 bits per heavy atom. The van der Waals surface area contributed by atoms with Gasteiger partial charge in [-0.1, -0.05) is 26.8 Å². The zero-order valence-corrected chi connectivity index (χ0v) is 23.4. The van der Waals surface area contributed by atoms with E-state index >= 15 is 0 Å². The number of sulfonamides is 2. The number of morpholine rings is 1. The molecule has 4 aliphatic rings. The molecule has 2 aliphatic carbocycles. The van der Waals surface area contributed by atoms with Crippen LogP contribution >= 0.6 is 0 Å². The highest BCUT2D eigenvalue weighted by Crippen LogP contribution is 2.79. The molecule has 0 bridgehead atoms. The number of nitrogens with zero attached hydrogens (tertiary/aromatic N) is 2. The molecule has 204 valence electrons. The van der Waals surface area contributed by atoms with Gasteiger partial charge in [0.2, 0.25) is 20.0 Å². The summed E-state index contributed by atoms with van der Waals surface area (Å²) in [5, 5.41) is 2.73. The van der Waals surface area contributed by atoms with Crippen molar-refractivity contribution in [1.29, 1.82) is 0 Å². The van der Waals surface area contributed by atoms with Crippen LogP contribution in [-0.2, 0) is 24.8 Å². The predicted molar refractivity (Wildman–Crippen MR) is 142 cm³/mol. The van der Waals surface area contributed by atoms with Crippen molar-refractivity contribution < 1.29 is 26.4 Å². The summed E-state index contributed by atoms with van der Waals surface area (Å²) in [6.45, 7) is 7.90. The fourth-order valence-corrected chi connectivity index (χ4v) is 10.9. The SMILES string of the molecule is CC1(C)CC2(C)CC3N(S(=O)(=O)c4ccc(C(=O)Nc5cccc(S(=O)(=O)N6CCOCC6)c5)cc4)C32C1. The molecule has 2 saturated heterocycles. The van der Waals surface area contributed by atoms with Crippen LogP contribution in [0.4, 0.5) is 5.69 Å². The average Bonchev–Trinajstić information content (AvgIpc) is 3.39. The van der Waals surface area contributed by atoms with Crippen LogP contribution in [0.2, 0.25) is 0 Å². The summed E-state index contributed by atoms with van der Waals surface area (Å²) in [7, 11) is -7.37. The quantitative estimate of drug-likeness (QED) is 0.544. The molecule has 2 aromatic rings. The molecule has 6 rings (SSSR count). The van der Waals surface area contributed by atoms with Gasteiger partial charge in [-0.15, -0.1) is 0 Å². The summed E-state index contributed by atoms with van der Waals surface area (Å²) >= 11 is 0. The zero-order chi connectivity index (χ0) is 27.1. The molecule has 2 saturated carbocycles. The first kappa shape index (κ1) is 25.9. The van der Waals surface area contributed by atoms with Gasteiger partial charge in [0.1, 0.15) is 0 Å². The Kier molecular flexibility index (Phi) is 5.70. The number of nitrogens with one attached hydrogen (secondary N) is 1. The first-order valence-corrected chi connectivity index (χ1v) is 15.8. The van der Waals surface area contributed by atoms with Crippen LogP contribution in [-0.4, -0.2) is 69.2 Å². The normalized spacial score (nSPS) is 32.1. The van der Waals surface area contributed by atoms with Crippen molar-refractivity contribution in [3.05, 3.63) is 54.1 Å². The lowest BCUT2D eigenvalue weighted by atomic mass is 9.63. The predicted octanol–water partition coefficient (Wildman–Crippen LogP) is 3.30. The molecule has 2 heterocycles. The number of rotatable bonds is 6. The molecule has 4 fully saturated rings. The van der Waals surface area contributed by atoms with Crippen LogP contribution < -0.4 is 5.32 Å². The molecule has 1 amide bonds. The summed E-state index contributed by atoms with van der Waals surface area (Å²) in [6, 6.07) is 12.1. The van der Waals surface area contributed by atoms with Crippen molar-refractivity contribution in [1.82, 2.24) is 8.61 Å². The molecule has 1 spiro atoms. The molecular weight excluding hydrogens is 526 g/mol. The second-order valence-corrected chi connectivity index (χ2v) is 15.8. The van der Waals surface area contributed by atoms with E-state index in [1.807, 2.05) is 0 Å². The van der Waals surface area contributed by atoms with Crippen molar-refractivity contribution >= 4 is 31.6 Å². The lowest BCUT2D eigenvalue weighted by Crippen LogP contribution is -2.43. The second-order valence-electron chi connectivity index (χ2n) is 12.0. The van der Waals surface area contributed by atoms with Crippen LogP contribution in [0.15, 0.2) is 58.3 Å². The van der Waals surface area contributed by atoms with E-state index in [4.69, 9.17) is 4.74 Å². The van der Waals surface area contributed by atoms with Gasteiger partial charge < -0.3 is 10.1 Å². The Bertz CT molecular complexity index is 1520. The highest BCUT2D eigenvalue weighted by Gasteiger charge is 2.86. The highest BCUT2D eigenvalue weighted by molar-refractivity contribution is 7.89. The van der Waals surface area contributed by atoms with Gasteiger partial charge in [-0.3, -0.25) is 4.79 Å². The molecule has 11 heteroatoms. The fraction of sp³-hybridized carbons (Fsp3) is 0.519. The summed E-state index contributed by atoms with van der Waals surface area (Å²) in [5.41, 5.74) is 0.498. The third kappa shape index (κ3) is 3.77. The van der Waals surface area contributed by atoms with Gasteiger partial charge in [0.15, 0.2) is 0 Å². The fourth-order valence-electron chi connectivity index (χ4n) is 7.39. The third-order valence-electron chi connectivity index (χ3n) is 8.84. The molecule has 9 nitrogen and oxygen atoms in total. The third-order valence-corrected chi connectivity index (χ3v) is 12.7. The van der Waals surface area contributed by atoms with E-state index in [-0.39, 0.29) is 50.9 Å². The molecule has 4 unspecified atom stereocenters. The van der Waals surface area contributed by atoms with Crippen molar-refractivity contribution in [2.45, 2.75) is 61.4 Å². The van der Waals surface area contributed by atoms with Crippen molar-refractivity contribution in [3.8, 4) is 0 Å². The Balaban J connectivity index is 1.17. The Morgan fingerprint density at radius 2 is 1.61 bits per heavy atom. The number of anilines is 1. The largest absolute Gasteiger partial charge is 0.379 e. The highest BCUT2D eigenvalue weighted by atomic mass is 32.2. The van der Waals surface area contributed by atoms with E-state index in [1.165, 1.54) is 40.7 Å². The first-order valence-electron chi connectivity index (χ1n) is 12.9. The molecule has 0 aromatic heterocycles. The minimum absolute atomic E-state index is 0.0257. The number of hydrogen-bond donors (Lipinski definition) is 1. The summed E-state index contributed by atoms with van der Waals surface area (Å²) in [6.07, 6.45) is 2.80. The van der Waals surface area contributed by atoms with Gasteiger partial charge in [0.05, 0.1) is 28.5 Å². The van der Waals surface area contributed by atoms with Gasteiger partial charge in [-0.05, 0) is 72.6 Å². The average molecular weight is 560 g/mol. The molecule has 0 radical (unpaired) electrons. The lowest BCUT2D eigenvalue weighted by Gasteiger charge is -2.39. The molecule has 38 heavy (non-hydrogen) atoms. The Labute approximate surface area is 224 Å². The van der Waals surface area contributed by atoms with E-state index in [0.717, 1.165) is 19.3 Å². The zero-order valence-electron chi connectivity index (χ0n) is 21.8. The lowest BCUT2D eigenvalue weighted by molar-refractivity contribution is 0.0730. The number of ether oxygens (including phenoxy) is 1. The van der Waals surface area contributed by atoms with Gasteiger partial charge in [-0.25, -0.2) is 16.8 Å². The van der Waals surface area contributed by atoms with Crippen LogP contribution in [0, 0.1) is 10.8 Å². The monoisotopic (exact) mass is 559 g/mol. The smallest absolute Gasteiger partial charge is 0.255 e. The summed E-state index contributed by atoms with van der Waals surface area (Å²) in [4.78, 5) is 13.2. The molecule has 4 atom stereocenters. The number of carbonyl (C=O) groups excluding carboxylic acids is 1. The Morgan fingerprint density at radius 3 is 2.26 bits per heavy atom. The second kappa shape index (κ2) is 8.34. The van der Waals surface area contributed by atoms with E-state index in [2.05, 4.69) is 26.1 Å². The van der Waals surface area contributed by atoms with E-state index in [1.54, 1.807) is 16.4 Å². The van der Waals surface area contributed by atoms with Gasteiger partial charge in [0.25, 0.3) is 5.91 Å². The van der Waals surface area contributed by atoms with Crippen LogP contribution in [0.1, 0.15) is 50.4 Å². The first-order chi connectivity index (χ1) is 17.8. The number of amides is 1. The van der Waals surface area contributed by atoms with Crippen molar-refractivity contribution in [2.24, 2.45) is 10.8 Å². The van der Waals surface area contributed by atoms with Crippen molar-refractivity contribution in [2.75, 3.05) is 31.6 Å². The topological polar surface area (TPSA) is 113 Å².